The molecule has 0 atom stereocenters. The highest BCUT2D eigenvalue weighted by molar-refractivity contribution is 6.06. The number of hydrogen-bond donors (Lipinski definition) is 1. The second-order valence-electron chi connectivity index (χ2n) is 7.34. The van der Waals surface area contributed by atoms with Crippen LogP contribution in [0.25, 0.3) is 11.0 Å². The van der Waals surface area contributed by atoms with E-state index >= 15 is 0 Å². The molecule has 0 bridgehead atoms. The van der Waals surface area contributed by atoms with Crippen LogP contribution in [0.15, 0.2) is 34.9 Å². The smallest absolute Gasteiger partial charge is 0.292 e. The largest absolute Gasteiger partial charge is 0.451 e. The van der Waals surface area contributed by atoms with Crippen molar-refractivity contribution in [3.63, 3.8) is 0 Å². The predicted octanol–water partition coefficient (Wildman–Crippen LogP) is 4.16. The van der Waals surface area contributed by atoms with E-state index in [1.807, 2.05) is 36.7 Å². The van der Waals surface area contributed by atoms with Gasteiger partial charge in [-0.15, -0.1) is 0 Å². The lowest BCUT2D eigenvalue weighted by molar-refractivity contribution is 0.0996. The summed E-state index contributed by atoms with van der Waals surface area (Å²) in [6, 6.07) is 8.13. The van der Waals surface area contributed by atoms with Gasteiger partial charge in [0.05, 0.1) is 12.2 Å². The van der Waals surface area contributed by atoms with Crippen LogP contribution in [0.3, 0.4) is 0 Å². The molecule has 0 radical (unpaired) electrons. The van der Waals surface area contributed by atoms with Crippen molar-refractivity contribution in [2.24, 2.45) is 0 Å². The van der Waals surface area contributed by atoms with Gasteiger partial charge in [0.1, 0.15) is 11.4 Å². The van der Waals surface area contributed by atoms with Gasteiger partial charge in [0, 0.05) is 30.1 Å². The van der Waals surface area contributed by atoms with Gasteiger partial charge in [-0.25, -0.2) is 4.68 Å². The molecular weight excluding hydrogens is 340 g/mol. The number of hydrogen-bond acceptors (Lipinski definition) is 4. The van der Waals surface area contributed by atoms with Crippen LogP contribution in [0.5, 0.6) is 0 Å². The Balaban J connectivity index is 1.55. The van der Waals surface area contributed by atoms with Crippen molar-refractivity contribution in [1.82, 2.24) is 14.7 Å². The molecule has 0 spiro atoms. The lowest BCUT2D eigenvalue weighted by Gasteiger charge is -2.31. The minimum atomic E-state index is -0.228. The van der Waals surface area contributed by atoms with Crippen LogP contribution in [0, 0.1) is 13.8 Å². The molecule has 2 aromatic heterocycles. The quantitative estimate of drug-likeness (QED) is 0.753. The maximum absolute atomic E-state index is 12.9. The Morgan fingerprint density at radius 1 is 1.26 bits per heavy atom. The molecule has 1 aliphatic rings. The summed E-state index contributed by atoms with van der Waals surface area (Å²) in [5.41, 5.74) is 2.76. The van der Waals surface area contributed by atoms with Gasteiger partial charge in [-0.1, -0.05) is 18.6 Å². The van der Waals surface area contributed by atoms with Crippen LogP contribution >= 0.6 is 0 Å². The van der Waals surface area contributed by atoms with E-state index in [1.54, 1.807) is 6.20 Å². The standard InChI is InChI=1S/C21H26N4O2/c1-4-24-11-8-16(9-12-24)25-19(7-10-22-25)23-21(26)20-15(3)17-13-14(2)5-6-18(17)27-20/h5-7,10,13,16H,4,8-9,11-12H2,1-3H3,(H,23,26). The molecule has 0 unspecified atom stereocenters. The van der Waals surface area contributed by atoms with Gasteiger partial charge in [0.2, 0.25) is 0 Å². The maximum Gasteiger partial charge on any atom is 0.292 e. The predicted molar refractivity (Wildman–Crippen MR) is 106 cm³/mol. The van der Waals surface area contributed by atoms with Crippen molar-refractivity contribution >= 4 is 22.7 Å². The Morgan fingerprint density at radius 3 is 2.78 bits per heavy atom. The molecular formula is C21H26N4O2. The number of carbonyl (C=O) groups is 1. The highest BCUT2D eigenvalue weighted by atomic mass is 16.3. The summed E-state index contributed by atoms with van der Waals surface area (Å²) in [5, 5.41) is 8.45. The molecule has 1 amide bonds. The normalized spacial score (nSPS) is 16.1. The van der Waals surface area contributed by atoms with Gasteiger partial charge in [-0.05, 0) is 45.4 Å². The van der Waals surface area contributed by atoms with Crippen LogP contribution in [0.1, 0.15) is 47.5 Å². The highest BCUT2D eigenvalue weighted by Crippen LogP contribution is 2.28. The summed E-state index contributed by atoms with van der Waals surface area (Å²) in [6.07, 6.45) is 3.83. The molecule has 6 nitrogen and oxygen atoms in total. The molecule has 1 aliphatic heterocycles. The van der Waals surface area contributed by atoms with E-state index in [0.717, 1.165) is 60.4 Å². The summed E-state index contributed by atoms with van der Waals surface area (Å²) in [7, 11) is 0. The fourth-order valence-corrected chi connectivity index (χ4v) is 3.91. The van der Waals surface area contributed by atoms with Gasteiger partial charge in [0.25, 0.3) is 5.91 Å². The van der Waals surface area contributed by atoms with E-state index in [4.69, 9.17) is 4.42 Å². The fourth-order valence-electron chi connectivity index (χ4n) is 3.91. The number of benzene rings is 1. The molecule has 0 saturated carbocycles. The fraction of sp³-hybridized carbons (Fsp3) is 0.429. The number of likely N-dealkylation sites (tertiary alicyclic amines) is 1. The van der Waals surface area contributed by atoms with Gasteiger partial charge in [-0.2, -0.15) is 5.10 Å². The number of carbonyl (C=O) groups excluding carboxylic acids is 1. The van der Waals surface area contributed by atoms with Crippen molar-refractivity contribution < 1.29 is 9.21 Å². The van der Waals surface area contributed by atoms with Crippen LogP contribution in [-0.2, 0) is 0 Å². The molecule has 1 N–H and O–H groups in total. The summed E-state index contributed by atoms with van der Waals surface area (Å²) in [5.74, 6) is 0.865. The molecule has 1 aromatic carbocycles. The maximum atomic E-state index is 12.9. The van der Waals surface area contributed by atoms with Gasteiger partial charge >= 0.3 is 0 Å². The Kier molecular flexibility index (Phi) is 4.74. The van der Waals surface area contributed by atoms with E-state index < -0.39 is 0 Å². The summed E-state index contributed by atoms with van der Waals surface area (Å²) >= 11 is 0. The third kappa shape index (κ3) is 3.37. The van der Waals surface area contributed by atoms with E-state index in [1.165, 1.54) is 0 Å². The second kappa shape index (κ2) is 7.19. The Bertz CT molecular complexity index is 964. The Hall–Kier alpha value is -2.60. The van der Waals surface area contributed by atoms with Gasteiger partial charge < -0.3 is 14.6 Å². The number of rotatable bonds is 4. The van der Waals surface area contributed by atoms with Crippen LogP contribution < -0.4 is 5.32 Å². The minimum Gasteiger partial charge on any atom is -0.451 e. The van der Waals surface area contributed by atoms with Crippen molar-refractivity contribution in [3.05, 3.63) is 47.3 Å². The van der Waals surface area contributed by atoms with E-state index in [2.05, 4.69) is 28.3 Å². The van der Waals surface area contributed by atoms with E-state index in [-0.39, 0.29) is 5.91 Å². The minimum absolute atomic E-state index is 0.228. The monoisotopic (exact) mass is 366 g/mol. The first-order valence-corrected chi connectivity index (χ1v) is 9.63. The molecule has 4 rings (SSSR count). The molecule has 1 fully saturated rings. The summed E-state index contributed by atoms with van der Waals surface area (Å²) in [4.78, 5) is 15.3. The first-order valence-electron chi connectivity index (χ1n) is 9.63. The van der Waals surface area contributed by atoms with Crippen LogP contribution in [0.2, 0.25) is 0 Å². The molecule has 6 heteroatoms. The number of amides is 1. The summed E-state index contributed by atoms with van der Waals surface area (Å²) < 4.78 is 7.78. The number of anilines is 1. The zero-order valence-corrected chi connectivity index (χ0v) is 16.2. The number of nitrogens with zero attached hydrogens (tertiary/aromatic N) is 3. The average Bonchev–Trinajstić information content (AvgIpc) is 3.26. The molecule has 1 saturated heterocycles. The number of nitrogens with one attached hydrogen (secondary N) is 1. The third-order valence-corrected chi connectivity index (χ3v) is 5.56. The molecule has 142 valence electrons. The van der Waals surface area contributed by atoms with Gasteiger partial charge in [0.15, 0.2) is 5.76 Å². The van der Waals surface area contributed by atoms with Gasteiger partial charge in [-0.3, -0.25) is 4.79 Å². The zero-order valence-electron chi connectivity index (χ0n) is 16.2. The van der Waals surface area contributed by atoms with Crippen molar-refractivity contribution in [2.45, 2.75) is 39.7 Å². The third-order valence-electron chi connectivity index (χ3n) is 5.56. The lowest BCUT2D eigenvalue weighted by atomic mass is 10.1. The van der Waals surface area contributed by atoms with Crippen molar-refractivity contribution in [3.8, 4) is 0 Å². The highest BCUT2D eigenvalue weighted by Gasteiger charge is 2.24. The summed E-state index contributed by atoms with van der Waals surface area (Å²) in [6.45, 7) is 9.37. The molecule has 0 aliphatic carbocycles. The first kappa shape index (κ1) is 17.8. The number of aromatic nitrogens is 2. The number of piperidine rings is 1. The first-order chi connectivity index (χ1) is 13.1. The van der Waals surface area contributed by atoms with Crippen molar-refractivity contribution in [2.75, 3.05) is 25.0 Å². The topological polar surface area (TPSA) is 63.3 Å². The molecule has 3 heterocycles. The Labute approximate surface area is 159 Å². The van der Waals surface area contributed by atoms with Crippen LogP contribution in [0.4, 0.5) is 5.82 Å². The molecule has 27 heavy (non-hydrogen) atoms. The van der Waals surface area contributed by atoms with E-state index in [9.17, 15) is 4.79 Å². The van der Waals surface area contributed by atoms with Crippen LogP contribution in [-0.4, -0.2) is 40.2 Å². The second-order valence-corrected chi connectivity index (χ2v) is 7.34. The number of furan rings is 1. The Morgan fingerprint density at radius 2 is 2.04 bits per heavy atom. The SMILES string of the molecule is CCN1CCC(n2nccc2NC(=O)c2oc3ccc(C)cc3c2C)CC1. The number of aryl methyl sites for hydroxylation is 2. The molecule has 3 aromatic rings. The lowest BCUT2D eigenvalue weighted by Crippen LogP contribution is -2.35. The average molecular weight is 366 g/mol. The van der Waals surface area contributed by atoms with E-state index in [0.29, 0.717) is 11.8 Å². The number of fused-ring (bicyclic) bond motifs is 1. The zero-order chi connectivity index (χ0) is 19.0. The van der Waals surface area contributed by atoms with Crippen molar-refractivity contribution in [1.29, 1.82) is 0 Å².